The van der Waals surface area contributed by atoms with Gasteiger partial charge in [-0.15, -0.1) is 5.10 Å². The third-order valence-corrected chi connectivity index (χ3v) is 3.15. The predicted molar refractivity (Wildman–Crippen MR) is 82.6 cm³/mol. The minimum absolute atomic E-state index is 0.0822. The fourth-order valence-corrected chi connectivity index (χ4v) is 1.96. The molecule has 0 saturated carbocycles. The molecule has 130 valence electrons. The SMILES string of the molecule is CCc1nnc(NCCNc2nccc(C(F)(F)F)n2)nc1CC. The number of alkyl halides is 3. The summed E-state index contributed by atoms with van der Waals surface area (Å²) >= 11 is 0. The van der Waals surface area contributed by atoms with Gasteiger partial charge in [0.1, 0.15) is 5.69 Å². The largest absolute Gasteiger partial charge is 0.433 e. The Morgan fingerprint density at radius 2 is 1.58 bits per heavy atom. The minimum atomic E-state index is -4.49. The topological polar surface area (TPSA) is 88.5 Å². The van der Waals surface area contributed by atoms with Gasteiger partial charge in [0.25, 0.3) is 0 Å². The van der Waals surface area contributed by atoms with E-state index in [0.717, 1.165) is 36.5 Å². The summed E-state index contributed by atoms with van der Waals surface area (Å²) < 4.78 is 37.7. The van der Waals surface area contributed by atoms with Crippen molar-refractivity contribution in [1.29, 1.82) is 0 Å². The minimum Gasteiger partial charge on any atom is -0.352 e. The summed E-state index contributed by atoms with van der Waals surface area (Å²) in [5.41, 5.74) is 0.756. The molecule has 2 heterocycles. The Morgan fingerprint density at radius 1 is 0.917 bits per heavy atom. The van der Waals surface area contributed by atoms with Crippen molar-refractivity contribution < 1.29 is 13.2 Å². The van der Waals surface area contributed by atoms with Crippen LogP contribution in [0, 0.1) is 0 Å². The monoisotopic (exact) mass is 341 g/mol. The number of halogens is 3. The van der Waals surface area contributed by atoms with Crippen LogP contribution < -0.4 is 10.6 Å². The van der Waals surface area contributed by atoms with Crippen LogP contribution in [0.4, 0.5) is 25.1 Å². The lowest BCUT2D eigenvalue weighted by Gasteiger charge is -2.10. The van der Waals surface area contributed by atoms with Crippen LogP contribution in [0.1, 0.15) is 30.9 Å². The Morgan fingerprint density at radius 3 is 2.21 bits per heavy atom. The predicted octanol–water partition coefficient (Wildman–Crippen LogP) is 2.33. The second-order valence-corrected chi connectivity index (χ2v) is 4.85. The highest BCUT2D eigenvalue weighted by Gasteiger charge is 2.32. The molecule has 0 aliphatic carbocycles. The Balaban J connectivity index is 1.87. The summed E-state index contributed by atoms with van der Waals surface area (Å²) in [5, 5.41) is 13.7. The molecule has 2 N–H and O–H groups in total. The van der Waals surface area contributed by atoms with Crippen molar-refractivity contribution in [2.24, 2.45) is 0 Å². The highest BCUT2D eigenvalue weighted by atomic mass is 19.4. The molecule has 0 fully saturated rings. The first kappa shape index (κ1) is 17.8. The summed E-state index contributed by atoms with van der Waals surface area (Å²) in [7, 11) is 0. The third kappa shape index (κ3) is 4.74. The van der Waals surface area contributed by atoms with E-state index in [-0.39, 0.29) is 5.95 Å². The van der Waals surface area contributed by atoms with E-state index in [1.54, 1.807) is 0 Å². The van der Waals surface area contributed by atoms with Crippen molar-refractivity contribution in [2.75, 3.05) is 23.7 Å². The van der Waals surface area contributed by atoms with E-state index >= 15 is 0 Å². The fourth-order valence-electron chi connectivity index (χ4n) is 1.96. The average molecular weight is 341 g/mol. The smallest absolute Gasteiger partial charge is 0.352 e. The van der Waals surface area contributed by atoms with Gasteiger partial charge < -0.3 is 10.6 Å². The Bertz CT molecular complexity index is 676. The van der Waals surface area contributed by atoms with Crippen molar-refractivity contribution in [2.45, 2.75) is 32.9 Å². The Labute approximate surface area is 137 Å². The molecule has 2 rings (SSSR count). The Kier molecular flexibility index (Phi) is 5.83. The number of aromatic nitrogens is 5. The average Bonchev–Trinajstić information content (AvgIpc) is 2.58. The van der Waals surface area contributed by atoms with Crippen LogP contribution in [-0.4, -0.2) is 38.2 Å². The lowest BCUT2D eigenvalue weighted by atomic mass is 10.2. The van der Waals surface area contributed by atoms with Crippen LogP contribution in [0.15, 0.2) is 12.3 Å². The second kappa shape index (κ2) is 7.84. The van der Waals surface area contributed by atoms with Gasteiger partial charge in [-0.2, -0.15) is 18.3 Å². The summed E-state index contributed by atoms with van der Waals surface area (Å²) in [5.74, 6) is 0.303. The van der Waals surface area contributed by atoms with Gasteiger partial charge in [0.05, 0.1) is 11.4 Å². The molecule has 7 nitrogen and oxygen atoms in total. The molecule has 0 aromatic carbocycles. The Hall–Kier alpha value is -2.52. The molecular weight excluding hydrogens is 323 g/mol. The van der Waals surface area contributed by atoms with Crippen LogP contribution in [0.2, 0.25) is 0 Å². The molecule has 0 radical (unpaired) electrons. The maximum Gasteiger partial charge on any atom is 0.433 e. The molecule has 10 heteroatoms. The molecular formula is C14H18F3N7. The zero-order valence-corrected chi connectivity index (χ0v) is 13.4. The highest BCUT2D eigenvalue weighted by molar-refractivity contribution is 5.29. The van der Waals surface area contributed by atoms with Crippen LogP contribution in [0.5, 0.6) is 0 Å². The standard InChI is InChI=1S/C14H18F3N7/c1-3-9-10(4-2)23-24-13(21-9)20-8-7-19-12-18-6-5-11(22-12)14(15,16)17/h5-6H,3-4,7-8H2,1-2H3,(H,18,19,22)(H,20,21,24). The number of aryl methyl sites for hydroxylation is 2. The van der Waals surface area contributed by atoms with E-state index in [2.05, 4.69) is 35.8 Å². The molecule has 0 bridgehead atoms. The molecule has 24 heavy (non-hydrogen) atoms. The van der Waals surface area contributed by atoms with Crippen molar-refractivity contribution in [3.05, 3.63) is 29.3 Å². The van der Waals surface area contributed by atoms with Crippen LogP contribution in [0.3, 0.4) is 0 Å². The normalized spacial score (nSPS) is 11.4. The van der Waals surface area contributed by atoms with E-state index in [1.807, 2.05) is 13.8 Å². The molecule has 2 aromatic rings. The van der Waals surface area contributed by atoms with Crippen LogP contribution >= 0.6 is 0 Å². The quantitative estimate of drug-likeness (QED) is 0.747. The molecule has 0 spiro atoms. The zero-order valence-electron chi connectivity index (χ0n) is 13.4. The number of rotatable bonds is 7. The lowest BCUT2D eigenvalue weighted by molar-refractivity contribution is -0.141. The molecule has 0 aliphatic heterocycles. The fraction of sp³-hybridized carbons (Fsp3) is 0.500. The van der Waals surface area contributed by atoms with Gasteiger partial charge in [-0.3, -0.25) is 0 Å². The molecule has 0 saturated heterocycles. The maximum atomic E-state index is 12.6. The zero-order chi connectivity index (χ0) is 17.6. The second-order valence-electron chi connectivity index (χ2n) is 4.85. The van der Waals surface area contributed by atoms with Gasteiger partial charge in [-0.05, 0) is 18.9 Å². The molecule has 0 unspecified atom stereocenters. The van der Waals surface area contributed by atoms with Crippen molar-refractivity contribution >= 4 is 11.9 Å². The van der Waals surface area contributed by atoms with Gasteiger partial charge in [0, 0.05) is 19.3 Å². The third-order valence-electron chi connectivity index (χ3n) is 3.15. The van der Waals surface area contributed by atoms with E-state index in [0.29, 0.717) is 19.0 Å². The molecule has 2 aromatic heterocycles. The van der Waals surface area contributed by atoms with E-state index in [4.69, 9.17) is 0 Å². The van der Waals surface area contributed by atoms with Crippen LogP contribution in [0.25, 0.3) is 0 Å². The first-order valence-corrected chi connectivity index (χ1v) is 7.54. The molecule has 0 amide bonds. The van der Waals surface area contributed by atoms with E-state index in [9.17, 15) is 13.2 Å². The van der Waals surface area contributed by atoms with Crippen molar-refractivity contribution in [3.63, 3.8) is 0 Å². The number of nitrogens with one attached hydrogen (secondary N) is 2. The number of hydrogen-bond donors (Lipinski definition) is 2. The van der Waals surface area contributed by atoms with Gasteiger partial charge in [0.2, 0.25) is 11.9 Å². The van der Waals surface area contributed by atoms with Gasteiger partial charge in [-0.25, -0.2) is 15.0 Å². The summed E-state index contributed by atoms with van der Waals surface area (Å²) in [6.45, 7) is 4.66. The number of hydrogen-bond acceptors (Lipinski definition) is 7. The van der Waals surface area contributed by atoms with E-state index in [1.165, 1.54) is 0 Å². The molecule has 0 aliphatic rings. The summed E-state index contributed by atoms with van der Waals surface area (Å²) in [6, 6.07) is 0.824. The lowest BCUT2D eigenvalue weighted by Crippen LogP contribution is -2.18. The van der Waals surface area contributed by atoms with Crippen LogP contribution in [-0.2, 0) is 19.0 Å². The summed E-state index contributed by atoms with van der Waals surface area (Å²) in [4.78, 5) is 11.5. The summed E-state index contributed by atoms with van der Waals surface area (Å²) in [6.07, 6.45) is -1.91. The van der Waals surface area contributed by atoms with Gasteiger partial charge in [0.15, 0.2) is 0 Å². The van der Waals surface area contributed by atoms with Gasteiger partial charge >= 0.3 is 6.18 Å². The van der Waals surface area contributed by atoms with E-state index < -0.39 is 11.9 Å². The van der Waals surface area contributed by atoms with Gasteiger partial charge in [-0.1, -0.05) is 13.8 Å². The van der Waals surface area contributed by atoms with Crippen molar-refractivity contribution in [1.82, 2.24) is 25.1 Å². The number of anilines is 2. The highest BCUT2D eigenvalue weighted by Crippen LogP contribution is 2.27. The first-order chi connectivity index (χ1) is 11.4. The molecule has 0 atom stereocenters. The number of nitrogens with zero attached hydrogens (tertiary/aromatic N) is 5. The maximum absolute atomic E-state index is 12.6. The van der Waals surface area contributed by atoms with Crippen molar-refractivity contribution in [3.8, 4) is 0 Å². The first-order valence-electron chi connectivity index (χ1n) is 7.54.